The number of phenols is 1. The Morgan fingerprint density at radius 3 is 2.78 bits per heavy atom. The Morgan fingerprint density at radius 1 is 1.33 bits per heavy atom. The monoisotopic (exact) mass is 265 g/mol. The fourth-order valence-electron chi connectivity index (χ4n) is 1.69. The molecule has 0 unspecified atom stereocenters. The zero-order valence-corrected chi connectivity index (χ0v) is 11.1. The quantitative estimate of drug-likeness (QED) is 0.838. The number of benzene rings is 1. The summed E-state index contributed by atoms with van der Waals surface area (Å²) >= 11 is 1.52. The van der Waals surface area contributed by atoms with Gasteiger partial charge < -0.3 is 9.84 Å². The molecule has 0 radical (unpaired) electrons. The molecule has 0 aliphatic heterocycles. The Kier molecular flexibility index (Phi) is 4.22. The maximum atomic E-state index is 9.88. The van der Waals surface area contributed by atoms with Gasteiger partial charge in [0.1, 0.15) is 5.75 Å². The Hall–Kier alpha value is -1.53. The Bertz CT molecular complexity index is 528. The van der Waals surface area contributed by atoms with E-state index in [1.165, 1.54) is 11.8 Å². The number of thioether (sulfide) groups is 1. The van der Waals surface area contributed by atoms with Crippen LogP contribution in [-0.2, 0) is 11.3 Å². The van der Waals surface area contributed by atoms with Gasteiger partial charge in [0.05, 0.1) is 18.7 Å². The number of nitrogens with zero attached hydrogens (tertiary/aromatic N) is 3. The molecule has 2 rings (SSSR count). The van der Waals surface area contributed by atoms with Crippen LogP contribution in [0.3, 0.4) is 0 Å². The highest BCUT2D eigenvalue weighted by Crippen LogP contribution is 2.29. The van der Waals surface area contributed by atoms with E-state index in [9.17, 15) is 5.11 Å². The molecule has 0 atom stereocenters. The number of rotatable bonds is 5. The SMILES string of the molecule is COCCn1c(SC)nnc1-c1ccccc1O. The smallest absolute Gasteiger partial charge is 0.191 e. The Morgan fingerprint density at radius 2 is 2.11 bits per heavy atom. The van der Waals surface area contributed by atoms with Gasteiger partial charge in [0.25, 0.3) is 0 Å². The van der Waals surface area contributed by atoms with E-state index in [0.717, 1.165) is 5.16 Å². The van der Waals surface area contributed by atoms with E-state index >= 15 is 0 Å². The van der Waals surface area contributed by atoms with Gasteiger partial charge in [-0.2, -0.15) is 0 Å². The number of phenolic OH excluding ortho intramolecular Hbond substituents is 1. The highest BCUT2D eigenvalue weighted by Gasteiger charge is 2.15. The van der Waals surface area contributed by atoms with Crippen LogP contribution >= 0.6 is 11.8 Å². The molecule has 1 N–H and O–H groups in total. The minimum absolute atomic E-state index is 0.205. The molecule has 1 heterocycles. The number of hydrogen-bond acceptors (Lipinski definition) is 5. The second kappa shape index (κ2) is 5.88. The summed E-state index contributed by atoms with van der Waals surface area (Å²) in [5, 5.41) is 18.9. The van der Waals surface area contributed by atoms with Gasteiger partial charge in [-0.1, -0.05) is 23.9 Å². The number of ether oxygens (including phenoxy) is 1. The number of para-hydroxylation sites is 1. The number of methoxy groups -OCH3 is 1. The van der Waals surface area contributed by atoms with Crippen LogP contribution in [0.15, 0.2) is 29.4 Å². The molecule has 0 saturated carbocycles. The van der Waals surface area contributed by atoms with Crippen molar-refractivity contribution >= 4 is 11.8 Å². The van der Waals surface area contributed by atoms with Gasteiger partial charge in [-0.05, 0) is 18.4 Å². The summed E-state index contributed by atoms with van der Waals surface area (Å²) in [5.41, 5.74) is 0.682. The summed E-state index contributed by atoms with van der Waals surface area (Å²) in [4.78, 5) is 0. The second-order valence-corrected chi connectivity index (χ2v) is 4.45. The maximum absolute atomic E-state index is 9.88. The van der Waals surface area contributed by atoms with Gasteiger partial charge in [0.15, 0.2) is 11.0 Å². The standard InChI is InChI=1S/C12H15N3O2S/c1-17-8-7-15-11(13-14-12(15)18-2)9-5-3-4-6-10(9)16/h3-6,16H,7-8H2,1-2H3. The van der Waals surface area contributed by atoms with Crippen molar-refractivity contribution in [3.8, 4) is 17.1 Å². The van der Waals surface area contributed by atoms with Crippen LogP contribution in [0.25, 0.3) is 11.4 Å². The van der Waals surface area contributed by atoms with Crippen LogP contribution in [0.2, 0.25) is 0 Å². The van der Waals surface area contributed by atoms with Gasteiger partial charge in [-0.15, -0.1) is 10.2 Å². The molecule has 1 aromatic heterocycles. The van der Waals surface area contributed by atoms with E-state index < -0.39 is 0 Å². The van der Waals surface area contributed by atoms with E-state index in [1.807, 2.05) is 23.0 Å². The molecule has 0 fully saturated rings. The third-order valence-electron chi connectivity index (χ3n) is 2.56. The van der Waals surface area contributed by atoms with Crippen LogP contribution in [0.1, 0.15) is 0 Å². The lowest BCUT2D eigenvalue weighted by molar-refractivity contribution is 0.185. The summed E-state index contributed by atoms with van der Waals surface area (Å²) in [6.07, 6.45) is 1.95. The molecule has 0 aliphatic rings. The van der Waals surface area contributed by atoms with Gasteiger partial charge in [-0.25, -0.2) is 0 Å². The molecule has 0 bridgehead atoms. The van der Waals surface area contributed by atoms with Crippen molar-refractivity contribution in [2.45, 2.75) is 11.7 Å². The lowest BCUT2D eigenvalue weighted by atomic mass is 10.2. The highest BCUT2D eigenvalue weighted by atomic mass is 32.2. The van der Waals surface area contributed by atoms with E-state index in [2.05, 4.69) is 10.2 Å². The van der Waals surface area contributed by atoms with Gasteiger partial charge >= 0.3 is 0 Å². The minimum Gasteiger partial charge on any atom is -0.507 e. The molecule has 0 saturated heterocycles. The molecule has 96 valence electrons. The van der Waals surface area contributed by atoms with Crippen LogP contribution in [0.4, 0.5) is 0 Å². The summed E-state index contributed by atoms with van der Waals surface area (Å²) in [7, 11) is 1.66. The number of aromatic hydroxyl groups is 1. The van der Waals surface area contributed by atoms with E-state index in [-0.39, 0.29) is 5.75 Å². The average molecular weight is 265 g/mol. The second-order valence-electron chi connectivity index (χ2n) is 3.67. The molecule has 1 aromatic carbocycles. The van der Waals surface area contributed by atoms with Crippen LogP contribution in [0, 0.1) is 0 Å². The third kappa shape index (κ3) is 2.49. The molecule has 18 heavy (non-hydrogen) atoms. The van der Waals surface area contributed by atoms with Crippen LogP contribution in [-0.4, -0.2) is 39.8 Å². The zero-order chi connectivity index (χ0) is 13.0. The lowest BCUT2D eigenvalue weighted by Crippen LogP contribution is -2.07. The first-order valence-corrected chi connectivity index (χ1v) is 6.75. The van der Waals surface area contributed by atoms with E-state index in [4.69, 9.17) is 4.74 Å². The Balaban J connectivity index is 2.44. The molecular weight excluding hydrogens is 250 g/mol. The van der Waals surface area contributed by atoms with Crippen LogP contribution < -0.4 is 0 Å². The predicted octanol–water partition coefficient (Wildman–Crippen LogP) is 2.02. The molecule has 6 heteroatoms. The van der Waals surface area contributed by atoms with Crippen molar-refractivity contribution in [3.63, 3.8) is 0 Å². The van der Waals surface area contributed by atoms with Crippen molar-refractivity contribution in [2.75, 3.05) is 20.0 Å². The highest BCUT2D eigenvalue weighted by molar-refractivity contribution is 7.98. The number of aromatic nitrogens is 3. The predicted molar refractivity (Wildman–Crippen MR) is 70.8 cm³/mol. The topological polar surface area (TPSA) is 60.2 Å². The summed E-state index contributed by atoms with van der Waals surface area (Å²) in [5.74, 6) is 0.866. The van der Waals surface area contributed by atoms with Crippen molar-refractivity contribution in [1.29, 1.82) is 0 Å². The minimum atomic E-state index is 0.205. The van der Waals surface area contributed by atoms with Crippen molar-refractivity contribution in [1.82, 2.24) is 14.8 Å². The van der Waals surface area contributed by atoms with Crippen molar-refractivity contribution in [2.24, 2.45) is 0 Å². The molecule has 0 spiro atoms. The third-order valence-corrected chi connectivity index (χ3v) is 3.23. The first-order valence-electron chi connectivity index (χ1n) is 5.52. The molecule has 2 aromatic rings. The fraction of sp³-hybridized carbons (Fsp3) is 0.333. The molecule has 0 aliphatic carbocycles. The normalized spacial score (nSPS) is 10.8. The van der Waals surface area contributed by atoms with E-state index in [0.29, 0.717) is 24.5 Å². The summed E-state index contributed by atoms with van der Waals surface area (Å²) in [6.45, 7) is 1.23. The number of hydrogen-bond donors (Lipinski definition) is 1. The molecule has 0 amide bonds. The Labute approximate surface area is 110 Å². The van der Waals surface area contributed by atoms with Crippen LogP contribution in [0.5, 0.6) is 5.75 Å². The van der Waals surface area contributed by atoms with Gasteiger partial charge in [0, 0.05) is 7.11 Å². The molecule has 5 nitrogen and oxygen atoms in total. The largest absolute Gasteiger partial charge is 0.507 e. The van der Waals surface area contributed by atoms with Gasteiger partial charge in [-0.3, -0.25) is 4.57 Å². The fourth-order valence-corrected chi connectivity index (χ4v) is 2.21. The first kappa shape index (κ1) is 12.9. The average Bonchev–Trinajstić information content (AvgIpc) is 2.79. The maximum Gasteiger partial charge on any atom is 0.191 e. The summed E-state index contributed by atoms with van der Waals surface area (Å²) in [6, 6.07) is 7.11. The molecular formula is C12H15N3O2S. The zero-order valence-electron chi connectivity index (χ0n) is 10.3. The van der Waals surface area contributed by atoms with E-state index in [1.54, 1.807) is 19.2 Å². The van der Waals surface area contributed by atoms with Crippen molar-refractivity contribution in [3.05, 3.63) is 24.3 Å². The summed E-state index contributed by atoms with van der Waals surface area (Å²) < 4.78 is 7.04. The van der Waals surface area contributed by atoms with Gasteiger partial charge in [0.2, 0.25) is 0 Å². The first-order chi connectivity index (χ1) is 8.77. The lowest BCUT2D eigenvalue weighted by Gasteiger charge is -2.09. The van der Waals surface area contributed by atoms with Crippen molar-refractivity contribution < 1.29 is 9.84 Å².